The van der Waals surface area contributed by atoms with Crippen molar-refractivity contribution in [2.45, 2.75) is 45.4 Å². The summed E-state index contributed by atoms with van der Waals surface area (Å²) in [6, 6.07) is 13.3. The first-order chi connectivity index (χ1) is 15.3. The molecule has 0 saturated carbocycles. The molecular weight excluding hydrogens is 406 g/mol. The molecular formula is C25H29N3O4. The van der Waals surface area contributed by atoms with E-state index in [1.165, 1.54) is 0 Å². The number of rotatable bonds is 3. The molecule has 0 bridgehead atoms. The van der Waals surface area contributed by atoms with Gasteiger partial charge in [0.2, 0.25) is 0 Å². The van der Waals surface area contributed by atoms with Crippen LogP contribution in [0.3, 0.4) is 0 Å². The number of aromatic nitrogens is 1. The number of piperazine rings is 1. The second kappa shape index (κ2) is 9.02. The molecule has 1 aliphatic heterocycles. The van der Waals surface area contributed by atoms with Gasteiger partial charge in [0, 0.05) is 25.8 Å². The quantitative estimate of drug-likeness (QED) is 0.720. The van der Waals surface area contributed by atoms with E-state index in [9.17, 15) is 9.59 Å². The number of nitrogens with zero attached hydrogens (tertiary/aromatic N) is 3. The molecule has 7 nitrogen and oxygen atoms in total. The topological polar surface area (TPSA) is 72.0 Å². The highest BCUT2D eigenvalue weighted by Crippen LogP contribution is 2.30. The van der Waals surface area contributed by atoms with E-state index in [0.29, 0.717) is 26.1 Å². The van der Waals surface area contributed by atoms with Crippen molar-refractivity contribution in [2.75, 3.05) is 19.6 Å². The van der Waals surface area contributed by atoms with E-state index in [4.69, 9.17) is 9.47 Å². The van der Waals surface area contributed by atoms with Gasteiger partial charge in [-0.2, -0.15) is 0 Å². The van der Waals surface area contributed by atoms with Crippen LogP contribution in [0.5, 0.6) is 0 Å². The van der Waals surface area contributed by atoms with Crippen molar-refractivity contribution in [1.82, 2.24) is 14.8 Å². The van der Waals surface area contributed by atoms with Crippen molar-refractivity contribution >= 4 is 18.3 Å². The zero-order valence-corrected chi connectivity index (χ0v) is 18.8. The Hall–Kier alpha value is -3.35. The smallest absolute Gasteiger partial charge is 0.410 e. The minimum absolute atomic E-state index is 0.208. The largest absolute Gasteiger partial charge is 0.445 e. The van der Waals surface area contributed by atoms with Gasteiger partial charge in [-0.15, -0.1) is 0 Å². The fraction of sp³-hybridized carbons (Fsp3) is 0.400. The summed E-state index contributed by atoms with van der Waals surface area (Å²) in [5.41, 5.74) is 3.43. The van der Waals surface area contributed by atoms with Crippen LogP contribution in [0.2, 0.25) is 0 Å². The predicted molar refractivity (Wildman–Crippen MR) is 121 cm³/mol. The molecule has 2 aliphatic rings. The highest BCUT2D eigenvalue weighted by molar-refractivity contribution is 5.73. The second-order valence-electron chi connectivity index (χ2n) is 9.12. The molecule has 1 fully saturated rings. The first-order valence-electron chi connectivity index (χ1n) is 10.9. The van der Waals surface area contributed by atoms with Crippen molar-refractivity contribution < 1.29 is 19.1 Å². The van der Waals surface area contributed by atoms with Crippen LogP contribution in [0.1, 0.15) is 37.6 Å². The van der Waals surface area contributed by atoms with E-state index in [0.717, 1.165) is 22.4 Å². The molecule has 2 amide bonds. The molecule has 4 rings (SSSR count). The number of ether oxygens (including phenoxy) is 2. The first-order valence-corrected chi connectivity index (χ1v) is 10.9. The molecule has 32 heavy (non-hydrogen) atoms. The lowest BCUT2D eigenvalue weighted by molar-refractivity contribution is 0.00509. The maximum Gasteiger partial charge on any atom is 0.410 e. The summed E-state index contributed by atoms with van der Waals surface area (Å²) in [4.78, 5) is 33.6. The number of carbonyl (C=O) groups excluding carboxylic acids is 2. The molecule has 168 valence electrons. The van der Waals surface area contributed by atoms with E-state index >= 15 is 0 Å². The van der Waals surface area contributed by atoms with Gasteiger partial charge in [-0.05, 0) is 56.0 Å². The highest BCUT2D eigenvalue weighted by atomic mass is 16.6. The Bertz CT molecular complexity index is 1010. The van der Waals surface area contributed by atoms with Crippen LogP contribution in [0.25, 0.3) is 6.08 Å². The average Bonchev–Trinajstić information content (AvgIpc) is 3.21. The van der Waals surface area contributed by atoms with Crippen molar-refractivity contribution in [3.8, 4) is 0 Å². The Balaban J connectivity index is 1.51. The molecule has 2 heterocycles. The fourth-order valence-corrected chi connectivity index (χ4v) is 4.00. The SMILES string of the molecule is CC(C)(C)OC(=O)N1CCN(C(=O)OCc2ccccc2)C(C2=Cc3ncccc3C2)C1. The Morgan fingerprint density at radius 2 is 1.84 bits per heavy atom. The number of amides is 2. The molecule has 0 N–H and O–H groups in total. The third kappa shape index (κ3) is 5.10. The summed E-state index contributed by atoms with van der Waals surface area (Å²) in [7, 11) is 0. The average molecular weight is 436 g/mol. The van der Waals surface area contributed by atoms with Crippen molar-refractivity contribution in [1.29, 1.82) is 0 Å². The van der Waals surface area contributed by atoms with E-state index in [2.05, 4.69) is 4.98 Å². The van der Waals surface area contributed by atoms with Gasteiger partial charge in [-0.25, -0.2) is 9.59 Å². The van der Waals surface area contributed by atoms with Crippen molar-refractivity contribution in [3.63, 3.8) is 0 Å². The Morgan fingerprint density at radius 1 is 1.06 bits per heavy atom. The van der Waals surface area contributed by atoms with Crippen LogP contribution in [-0.2, 0) is 22.5 Å². The van der Waals surface area contributed by atoms with Gasteiger partial charge in [0.05, 0.1) is 11.7 Å². The lowest BCUT2D eigenvalue weighted by atomic mass is 10.0. The highest BCUT2D eigenvalue weighted by Gasteiger charge is 2.38. The number of hydrogen-bond acceptors (Lipinski definition) is 5. The summed E-state index contributed by atoms with van der Waals surface area (Å²) < 4.78 is 11.2. The van der Waals surface area contributed by atoms with Crippen LogP contribution in [-0.4, -0.2) is 58.2 Å². The monoisotopic (exact) mass is 435 g/mol. The van der Waals surface area contributed by atoms with Gasteiger partial charge in [0.25, 0.3) is 0 Å². The van der Waals surface area contributed by atoms with Crippen molar-refractivity contribution in [2.24, 2.45) is 0 Å². The number of pyridine rings is 1. The minimum Gasteiger partial charge on any atom is -0.445 e. The Kier molecular flexibility index (Phi) is 6.17. The van der Waals surface area contributed by atoms with Crippen LogP contribution in [0, 0.1) is 0 Å². The molecule has 1 unspecified atom stereocenters. The van der Waals surface area contributed by atoms with E-state index < -0.39 is 5.60 Å². The van der Waals surface area contributed by atoms with Crippen LogP contribution in [0.15, 0.2) is 54.2 Å². The number of carbonyl (C=O) groups is 2. The molecule has 1 saturated heterocycles. The van der Waals surface area contributed by atoms with Gasteiger partial charge in [-0.3, -0.25) is 9.88 Å². The molecule has 1 aromatic heterocycles. The summed E-state index contributed by atoms with van der Waals surface area (Å²) in [5, 5.41) is 0. The van der Waals surface area contributed by atoms with E-state index in [-0.39, 0.29) is 24.8 Å². The molecule has 0 spiro atoms. The molecule has 1 atom stereocenters. The standard InChI is InChI=1S/C25H29N3O4/c1-25(2,3)32-23(29)27-12-13-28(24(30)31-17-18-8-5-4-6-9-18)22(16-27)20-14-19-10-7-11-26-21(19)15-20/h4-11,15,22H,12-14,16-17H2,1-3H3. The van der Waals surface area contributed by atoms with Crippen molar-refractivity contribution in [3.05, 3.63) is 71.1 Å². The number of benzene rings is 1. The fourth-order valence-electron chi connectivity index (χ4n) is 4.00. The lowest BCUT2D eigenvalue weighted by Gasteiger charge is -2.41. The zero-order chi connectivity index (χ0) is 22.7. The Labute approximate surface area is 188 Å². The summed E-state index contributed by atoms with van der Waals surface area (Å²) in [6.07, 6.45) is 3.73. The predicted octanol–water partition coefficient (Wildman–Crippen LogP) is 4.28. The zero-order valence-electron chi connectivity index (χ0n) is 18.8. The first kappa shape index (κ1) is 21.9. The van der Waals surface area contributed by atoms with Gasteiger partial charge in [0.1, 0.15) is 12.2 Å². The maximum atomic E-state index is 13.0. The molecule has 7 heteroatoms. The minimum atomic E-state index is -0.578. The third-order valence-corrected chi connectivity index (χ3v) is 5.54. The van der Waals surface area contributed by atoms with Crippen LogP contribution < -0.4 is 0 Å². The van der Waals surface area contributed by atoms with Crippen LogP contribution in [0.4, 0.5) is 9.59 Å². The van der Waals surface area contributed by atoms with Crippen LogP contribution >= 0.6 is 0 Å². The van der Waals surface area contributed by atoms with E-state index in [1.54, 1.807) is 16.0 Å². The van der Waals surface area contributed by atoms with Gasteiger partial charge in [0.15, 0.2) is 0 Å². The molecule has 1 aromatic carbocycles. The maximum absolute atomic E-state index is 13.0. The molecule has 2 aromatic rings. The van der Waals surface area contributed by atoms with Gasteiger partial charge < -0.3 is 14.4 Å². The number of fused-ring (bicyclic) bond motifs is 1. The molecule has 0 radical (unpaired) electrons. The normalized spacial score (nSPS) is 18.1. The summed E-state index contributed by atoms with van der Waals surface area (Å²) in [6.45, 7) is 6.88. The molecule has 1 aliphatic carbocycles. The second-order valence-corrected chi connectivity index (χ2v) is 9.12. The van der Waals surface area contributed by atoms with Gasteiger partial charge >= 0.3 is 12.2 Å². The third-order valence-electron chi connectivity index (χ3n) is 5.54. The van der Waals surface area contributed by atoms with Gasteiger partial charge in [-0.1, -0.05) is 36.4 Å². The van der Waals surface area contributed by atoms with E-state index in [1.807, 2.05) is 69.3 Å². The summed E-state index contributed by atoms with van der Waals surface area (Å²) in [5.74, 6) is 0. The lowest BCUT2D eigenvalue weighted by Crippen LogP contribution is -2.57. The number of hydrogen-bond donors (Lipinski definition) is 0. The Morgan fingerprint density at radius 3 is 2.56 bits per heavy atom. The summed E-state index contributed by atoms with van der Waals surface area (Å²) >= 11 is 0.